The van der Waals surface area contributed by atoms with E-state index in [-0.39, 0.29) is 12.4 Å². The van der Waals surface area contributed by atoms with Crippen molar-refractivity contribution in [3.05, 3.63) is 57.7 Å². The molecule has 0 fully saturated rings. The molecular formula is C14H7Cl4N2-. The van der Waals surface area contributed by atoms with E-state index in [2.05, 4.69) is 9.97 Å². The summed E-state index contributed by atoms with van der Waals surface area (Å²) in [7, 11) is 0. The lowest BCUT2D eigenvalue weighted by atomic mass is 10.2. The molecule has 2 nitrogen and oxygen atoms in total. The highest BCUT2D eigenvalue weighted by Gasteiger charge is 2.10. The zero-order valence-electron chi connectivity index (χ0n) is 9.95. The first-order valence-electron chi connectivity index (χ1n) is 5.53. The van der Waals surface area contributed by atoms with E-state index in [0.29, 0.717) is 26.6 Å². The molecule has 0 bridgehead atoms. The summed E-state index contributed by atoms with van der Waals surface area (Å²) in [6.45, 7) is 0. The molecule has 0 N–H and O–H groups in total. The van der Waals surface area contributed by atoms with Crippen LogP contribution in [0.25, 0.3) is 22.3 Å². The number of aromatic nitrogens is 2. The topological polar surface area (TPSA) is 25.8 Å². The summed E-state index contributed by atoms with van der Waals surface area (Å²) in [5, 5.41) is 2.30. The van der Waals surface area contributed by atoms with Gasteiger partial charge >= 0.3 is 0 Å². The minimum Gasteiger partial charge on any atom is -1.00 e. The van der Waals surface area contributed by atoms with Gasteiger partial charge in [-0.15, -0.1) is 0 Å². The van der Waals surface area contributed by atoms with Gasteiger partial charge < -0.3 is 12.4 Å². The van der Waals surface area contributed by atoms with Crippen LogP contribution in [0.5, 0.6) is 0 Å². The molecule has 0 spiro atoms. The van der Waals surface area contributed by atoms with Crippen LogP contribution in [0.15, 0.2) is 42.5 Å². The number of nitrogens with zero attached hydrogens (tertiary/aromatic N) is 2. The van der Waals surface area contributed by atoms with Crippen LogP contribution in [-0.4, -0.2) is 9.97 Å². The smallest absolute Gasteiger partial charge is 0.162 e. The van der Waals surface area contributed by atoms with Crippen LogP contribution >= 0.6 is 34.8 Å². The molecule has 6 heteroatoms. The van der Waals surface area contributed by atoms with E-state index in [0.717, 1.165) is 10.9 Å². The first-order valence-corrected chi connectivity index (χ1v) is 6.66. The lowest BCUT2D eigenvalue weighted by molar-refractivity contribution is -0.00000357. The van der Waals surface area contributed by atoms with Crippen LogP contribution in [0.1, 0.15) is 0 Å². The summed E-state index contributed by atoms with van der Waals surface area (Å²) in [6, 6.07) is 12.7. The number of hydrogen-bond acceptors (Lipinski definition) is 2. The Hall–Kier alpha value is -1.06. The van der Waals surface area contributed by atoms with E-state index in [4.69, 9.17) is 34.8 Å². The summed E-state index contributed by atoms with van der Waals surface area (Å²) in [6.07, 6.45) is 0. The van der Waals surface area contributed by atoms with E-state index < -0.39 is 0 Å². The zero-order chi connectivity index (χ0) is 13.4. The molecule has 2 aromatic carbocycles. The average Bonchev–Trinajstić information content (AvgIpc) is 2.38. The van der Waals surface area contributed by atoms with Crippen molar-refractivity contribution in [3.63, 3.8) is 0 Å². The third kappa shape index (κ3) is 2.84. The molecule has 0 aliphatic heterocycles. The second-order valence-corrected chi connectivity index (χ2v) is 5.18. The fraction of sp³-hybridized carbons (Fsp3) is 0. The van der Waals surface area contributed by atoms with Crippen molar-refractivity contribution in [1.29, 1.82) is 0 Å². The fourth-order valence-electron chi connectivity index (χ4n) is 1.83. The summed E-state index contributed by atoms with van der Waals surface area (Å²) in [4.78, 5) is 8.76. The number of hydrogen-bond donors (Lipinski definition) is 0. The molecule has 0 saturated carbocycles. The Bertz CT molecular complexity index is 774. The lowest BCUT2D eigenvalue weighted by Crippen LogP contribution is -3.00. The third-order valence-electron chi connectivity index (χ3n) is 2.73. The quantitative estimate of drug-likeness (QED) is 0.633. The Balaban J connectivity index is 0.00000147. The average molecular weight is 345 g/mol. The molecule has 0 atom stereocenters. The summed E-state index contributed by atoms with van der Waals surface area (Å²) in [5.74, 6) is 0.491. The number of benzene rings is 2. The SMILES string of the molecule is Clc1ccc(-c2nc(Cl)c3ccccc3n2)c(Cl)c1.[Cl-]. The van der Waals surface area contributed by atoms with Gasteiger partial charge in [0, 0.05) is 16.0 Å². The predicted molar refractivity (Wildman–Crippen MR) is 80.0 cm³/mol. The Morgan fingerprint density at radius 2 is 1.60 bits per heavy atom. The van der Waals surface area contributed by atoms with Gasteiger partial charge in [-0.3, -0.25) is 0 Å². The van der Waals surface area contributed by atoms with Crippen molar-refractivity contribution in [2.45, 2.75) is 0 Å². The van der Waals surface area contributed by atoms with Crippen molar-refractivity contribution < 1.29 is 12.4 Å². The molecule has 102 valence electrons. The Labute approximate surface area is 137 Å². The maximum absolute atomic E-state index is 6.18. The van der Waals surface area contributed by atoms with Crippen LogP contribution in [0.2, 0.25) is 15.2 Å². The predicted octanol–water partition coefficient (Wildman–Crippen LogP) is 2.26. The van der Waals surface area contributed by atoms with Gasteiger partial charge in [-0.25, -0.2) is 9.97 Å². The Morgan fingerprint density at radius 3 is 2.35 bits per heavy atom. The van der Waals surface area contributed by atoms with Gasteiger partial charge in [-0.05, 0) is 30.3 Å². The maximum atomic E-state index is 6.18. The minimum absolute atomic E-state index is 0. The van der Waals surface area contributed by atoms with Crippen molar-refractivity contribution in [2.24, 2.45) is 0 Å². The summed E-state index contributed by atoms with van der Waals surface area (Å²) >= 11 is 18.2. The lowest BCUT2D eigenvalue weighted by Gasteiger charge is -2.06. The third-order valence-corrected chi connectivity index (χ3v) is 3.56. The molecule has 3 aromatic rings. The Kier molecular flexibility index (Phi) is 4.71. The van der Waals surface area contributed by atoms with Crippen LogP contribution in [0, 0.1) is 0 Å². The number of para-hydroxylation sites is 1. The van der Waals surface area contributed by atoms with Crippen molar-refractivity contribution >= 4 is 45.7 Å². The van der Waals surface area contributed by atoms with Crippen molar-refractivity contribution in [1.82, 2.24) is 9.97 Å². The largest absolute Gasteiger partial charge is 1.00 e. The standard InChI is InChI=1S/C14H7Cl3N2.ClH/c15-8-5-6-9(11(16)7-8)14-18-12-4-2-1-3-10(12)13(17)19-14;/h1-7H;1H/p-1. The van der Waals surface area contributed by atoms with Gasteiger partial charge in [0.2, 0.25) is 0 Å². The van der Waals surface area contributed by atoms with E-state index in [1.807, 2.05) is 24.3 Å². The molecular weight excluding hydrogens is 338 g/mol. The number of fused-ring (bicyclic) bond motifs is 1. The summed E-state index contributed by atoms with van der Waals surface area (Å²) < 4.78 is 0. The van der Waals surface area contributed by atoms with Gasteiger partial charge in [0.1, 0.15) is 5.15 Å². The van der Waals surface area contributed by atoms with Crippen LogP contribution < -0.4 is 12.4 Å². The van der Waals surface area contributed by atoms with E-state index in [9.17, 15) is 0 Å². The van der Waals surface area contributed by atoms with Crippen LogP contribution in [0.3, 0.4) is 0 Å². The molecule has 3 rings (SSSR count). The molecule has 0 unspecified atom stereocenters. The monoisotopic (exact) mass is 343 g/mol. The molecule has 0 aliphatic carbocycles. The first kappa shape index (κ1) is 15.3. The van der Waals surface area contributed by atoms with E-state index >= 15 is 0 Å². The molecule has 20 heavy (non-hydrogen) atoms. The van der Waals surface area contributed by atoms with Gasteiger partial charge in [0.05, 0.1) is 10.5 Å². The van der Waals surface area contributed by atoms with E-state index in [1.165, 1.54) is 0 Å². The van der Waals surface area contributed by atoms with Crippen molar-refractivity contribution in [3.8, 4) is 11.4 Å². The zero-order valence-corrected chi connectivity index (χ0v) is 13.0. The van der Waals surface area contributed by atoms with Gasteiger partial charge in [-0.2, -0.15) is 0 Å². The maximum Gasteiger partial charge on any atom is 0.162 e. The van der Waals surface area contributed by atoms with Crippen LogP contribution in [-0.2, 0) is 0 Å². The molecule has 0 radical (unpaired) electrons. The number of rotatable bonds is 1. The summed E-state index contributed by atoms with van der Waals surface area (Å²) in [5.41, 5.74) is 1.49. The molecule has 0 aliphatic rings. The molecule has 0 amide bonds. The molecule has 1 aromatic heterocycles. The Morgan fingerprint density at radius 1 is 0.850 bits per heavy atom. The van der Waals surface area contributed by atoms with Crippen LogP contribution in [0.4, 0.5) is 0 Å². The highest BCUT2D eigenvalue weighted by atomic mass is 35.5. The first-order chi connectivity index (χ1) is 9.15. The second-order valence-electron chi connectivity index (χ2n) is 3.98. The van der Waals surface area contributed by atoms with Gasteiger partial charge in [-0.1, -0.05) is 46.9 Å². The van der Waals surface area contributed by atoms with Gasteiger partial charge in [0.25, 0.3) is 0 Å². The van der Waals surface area contributed by atoms with Gasteiger partial charge in [0.15, 0.2) is 5.82 Å². The number of halogens is 4. The molecule has 0 saturated heterocycles. The minimum atomic E-state index is 0. The highest BCUT2D eigenvalue weighted by molar-refractivity contribution is 6.36. The van der Waals surface area contributed by atoms with E-state index in [1.54, 1.807) is 18.2 Å². The normalized spacial score (nSPS) is 10.3. The highest BCUT2D eigenvalue weighted by Crippen LogP contribution is 2.30. The van der Waals surface area contributed by atoms with Crippen molar-refractivity contribution in [2.75, 3.05) is 0 Å². The molecule has 1 heterocycles. The second kappa shape index (κ2) is 6.15. The fourth-order valence-corrected chi connectivity index (χ4v) is 2.56.